The molecule has 0 spiro atoms. The zero-order chi connectivity index (χ0) is 11.9. The SMILES string of the molecule is Cc1cc(C)c2ccc(S(=O)(=O)[O-])cc2c1.[K+]. The van der Waals surface area contributed by atoms with E-state index in [1.165, 1.54) is 12.1 Å². The molecular formula is C12H11KO3S. The van der Waals surface area contributed by atoms with Crippen LogP contribution >= 0.6 is 0 Å². The van der Waals surface area contributed by atoms with Crippen molar-refractivity contribution in [3.8, 4) is 0 Å². The van der Waals surface area contributed by atoms with Gasteiger partial charge in [0.25, 0.3) is 0 Å². The van der Waals surface area contributed by atoms with Gasteiger partial charge in [0.05, 0.1) is 4.90 Å². The molecule has 0 unspecified atom stereocenters. The summed E-state index contributed by atoms with van der Waals surface area (Å²) in [5.41, 5.74) is 2.12. The Morgan fingerprint density at radius 2 is 1.71 bits per heavy atom. The van der Waals surface area contributed by atoms with Gasteiger partial charge in [0.2, 0.25) is 0 Å². The van der Waals surface area contributed by atoms with E-state index >= 15 is 0 Å². The molecule has 3 nitrogen and oxygen atoms in total. The Kier molecular flexibility index (Phi) is 4.94. The van der Waals surface area contributed by atoms with E-state index in [4.69, 9.17) is 0 Å². The number of fused-ring (bicyclic) bond motifs is 1. The summed E-state index contributed by atoms with van der Waals surface area (Å²) < 4.78 is 32.7. The van der Waals surface area contributed by atoms with Gasteiger partial charge in [-0.25, -0.2) is 8.42 Å². The Hall–Kier alpha value is 0.246. The molecule has 2 aromatic rings. The second-order valence-electron chi connectivity index (χ2n) is 3.92. The number of hydrogen-bond donors (Lipinski definition) is 0. The smallest absolute Gasteiger partial charge is 0.744 e. The summed E-state index contributed by atoms with van der Waals surface area (Å²) in [4.78, 5) is -0.176. The molecule has 0 amide bonds. The first-order valence-corrected chi connectivity index (χ1v) is 6.26. The maximum absolute atomic E-state index is 10.9. The zero-order valence-electron chi connectivity index (χ0n) is 10.0. The molecule has 0 aliphatic heterocycles. The molecule has 0 radical (unpaired) electrons. The van der Waals surface area contributed by atoms with Crippen LogP contribution < -0.4 is 51.4 Å². The third-order valence-electron chi connectivity index (χ3n) is 2.56. The molecule has 0 fully saturated rings. The van der Waals surface area contributed by atoms with Crippen molar-refractivity contribution in [1.82, 2.24) is 0 Å². The monoisotopic (exact) mass is 274 g/mol. The van der Waals surface area contributed by atoms with E-state index in [1.54, 1.807) is 6.07 Å². The van der Waals surface area contributed by atoms with E-state index in [0.29, 0.717) is 0 Å². The van der Waals surface area contributed by atoms with Crippen LogP contribution in [0.3, 0.4) is 0 Å². The van der Waals surface area contributed by atoms with Crippen LogP contribution in [-0.2, 0) is 10.1 Å². The van der Waals surface area contributed by atoms with E-state index in [-0.39, 0.29) is 56.3 Å². The van der Waals surface area contributed by atoms with E-state index in [2.05, 4.69) is 0 Å². The van der Waals surface area contributed by atoms with E-state index < -0.39 is 10.1 Å². The topological polar surface area (TPSA) is 57.2 Å². The van der Waals surface area contributed by atoms with Crippen LogP contribution in [0.5, 0.6) is 0 Å². The molecule has 0 atom stereocenters. The molecule has 0 aliphatic rings. The standard InChI is InChI=1S/C12H12O3S.K/c1-8-5-9(2)12-4-3-11(16(13,14)15)7-10(12)6-8;/h3-7H,1-2H3,(H,13,14,15);/q;+1/p-1. The molecule has 84 valence electrons. The van der Waals surface area contributed by atoms with E-state index in [9.17, 15) is 13.0 Å². The first-order chi connectivity index (χ1) is 7.38. The summed E-state index contributed by atoms with van der Waals surface area (Å²) >= 11 is 0. The molecule has 0 aromatic heterocycles. The fraction of sp³-hybridized carbons (Fsp3) is 0.167. The Morgan fingerprint density at radius 1 is 1.06 bits per heavy atom. The molecule has 0 saturated heterocycles. The molecule has 5 heteroatoms. The fourth-order valence-corrected chi connectivity index (χ4v) is 2.39. The van der Waals surface area contributed by atoms with Crippen molar-refractivity contribution < 1.29 is 64.4 Å². The van der Waals surface area contributed by atoms with Gasteiger partial charge in [-0.15, -0.1) is 0 Å². The number of hydrogen-bond acceptors (Lipinski definition) is 3. The minimum atomic E-state index is -4.37. The molecule has 0 bridgehead atoms. The van der Waals surface area contributed by atoms with Gasteiger partial charge in [-0.3, -0.25) is 0 Å². The number of rotatable bonds is 1. The predicted octanol–water partition coefficient (Wildman–Crippen LogP) is -0.635. The molecule has 2 aromatic carbocycles. The van der Waals surface area contributed by atoms with Gasteiger partial charge >= 0.3 is 51.4 Å². The zero-order valence-corrected chi connectivity index (χ0v) is 14.0. The Balaban J connectivity index is 0.00000144. The van der Waals surface area contributed by atoms with Crippen LogP contribution in [0.2, 0.25) is 0 Å². The largest absolute Gasteiger partial charge is 1.00 e. The van der Waals surface area contributed by atoms with Gasteiger partial charge in [0, 0.05) is 0 Å². The quantitative estimate of drug-likeness (QED) is 0.514. The van der Waals surface area contributed by atoms with Crippen molar-refractivity contribution in [3.63, 3.8) is 0 Å². The maximum Gasteiger partial charge on any atom is 1.00 e. The molecule has 0 heterocycles. The van der Waals surface area contributed by atoms with Crippen molar-refractivity contribution >= 4 is 20.9 Å². The Labute approximate surface area is 143 Å². The second kappa shape index (κ2) is 5.48. The summed E-state index contributed by atoms with van der Waals surface area (Å²) in [6.07, 6.45) is 0. The summed E-state index contributed by atoms with van der Waals surface area (Å²) in [5, 5.41) is 1.76. The average molecular weight is 274 g/mol. The molecule has 0 saturated carbocycles. The van der Waals surface area contributed by atoms with Gasteiger partial charge in [-0.1, -0.05) is 23.8 Å². The van der Waals surface area contributed by atoms with E-state index in [1.807, 2.05) is 26.0 Å². The van der Waals surface area contributed by atoms with Crippen LogP contribution in [-0.4, -0.2) is 13.0 Å². The molecule has 0 N–H and O–H groups in total. The van der Waals surface area contributed by atoms with Crippen molar-refractivity contribution in [3.05, 3.63) is 41.5 Å². The third kappa shape index (κ3) is 3.38. The molecular weight excluding hydrogens is 263 g/mol. The first-order valence-electron chi connectivity index (χ1n) is 4.85. The Bertz CT molecular complexity index is 663. The third-order valence-corrected chi connectivity index (χ3v) is 3.40. The van der Waals surface area contributed by atoms with E-state index in [0.717, 1.165) is 21.9 Å². The maximum atomic E-state index is 10.9. The van der Waals surface area contributed by atoms with Gasteiger partial charge in [-0.2, -0.15) is 0 Å². The van der Waals surface area contributed by atoms with Crippen LogP contribution in [0.1, 0.15) is 11.1 Å². The van der Waals surface area contributed by atoms with Crippen LogP contribution in [0.4, 0.5) is 0 Å². The minimum Gasteiger partial charge on any atom is -0.744 e. The van der Waals surface area contributed by atoms with Crippen molar-refractivity contribution in [2.75, 3.05) is 0 Å². The first kappa shape index (κ1) is 15.3. The van der Waals surface area contributed by atoms with Gasteiger partial charge in [-0.05, 0) is 42.3 Å². The normalized spacial score (nSPS) is 11.2. The van der Waals surface area contributed by atoms with Crippen LogP contribution in [0.25, 0.3) is 10.8 Å². The van der Waals surface area contributed by atoms with Gasteiger partial charge in [0.15, 0.2) is 0 Å². The second-order valence-corrected chi connectivity index (χ2v) is 5.30. The molecule has 2 rings (SSSR count). The van der Waals surface area contributed by atoms with Gasteiger partial charge in [0.1, 0.15) is 10.1 Å². The molecule has 17 heavy (non-hydrogen) atoms. The van der Waals surface area contributed by atoms with Crippen molar-refractivity contribution in [1.29, 1.82) is 0 Å². The van der Waals surface area contributed by atoms with Crippen molar-refractivity contribution in [2.45, 2.75) is 18.7 Å². The van der Waals surface area contributed by atoms with Gasteiger partial charge < -0.3 is 4.55 Å². The van der Waals surface area contributed by atoms with Crippen LogP contribution in [0.15, 0.2) is 35.2 Å². The minimum absolute atomic E-state index is 0. The predicted molar refractivity (Wildman–Crippen MR) is 61.4 cm³/mol. The summed E-state index contributed by atoms with van der Waals surface area (Å²) in [6, 6.07) is 8.35. The fourth-order valence-electron chi connectivity index (χ4n) is 1.88. The summed E-state index contributed by atoms with van der Waals surface area (Å²) in [6.45, 7) is 3.89. The van der Waals surface area contributed by atoms with Crippen molar-refractivity contribution in [2.24, 2.45) is 0 Å². The number of aryl methyl sites for hydroxylation is 2. The molecule has 0 aliphatic carbocycles. The average Bonchev–Trinajstić information content (AvgIpc) is 2.15. The Morgan fingerprint density at radius 3 is 2.29 bits per heavy atom. The summed E-state index contributed by atoms with van der Waals surface area (Å²) in [5.74, 6) is 0. The number of benzene rings is 2. The van der Waals surface area contributed by atoms with Crippen LogP contribution in [0, 0.1) is 13.8 Å². The summed E-state index contributed by atoms with van der Waals surface area (Å²) in [7, 11) is -4.37.